The van der Waals surface area contributed by atoms with Crippen LogP contribution < -0.4 is 10.5 Å². The first kappa shape index (κ1) is 16.8. The van der Waals surface area contributed by atoms with Gasteiger partial charge in [-0.2, -0.15) is 0 Å². The molecule has 3 aromatic rings. The van der Waals surface area contributed by atoms with Gasteiger partial charge in [-0.05, 0) is 35.6 Å². The topological polar surface area (TPSA) is 81.8 Å². The fourth-order valence-corrected chi connectivity index (χ4v) is 2.68. The fourth-order valence-electron chi connectivity index (χ4n) is 2.68. The van der Waals surface area contributed by atoms with E-state index in [2.05, 4.69) is 4.74 Å². The third kappa shape index (κ3) is 3.72. The fraction of sp³-hybridized carbons (Fsp3) is 0.150. The van der Waals surface area contributed by atoms with E-state index < -0.39 is 12.0 Å². The van der Waals surface area contributed by atoms with Gasteiger partial charge in [0.15, 0.2) is 11.5 Å². The minimum absolute atomic E-state index is 0.0652. The number of carbonyl (C=O) groups is 1. The molecular weight excluding hydrogens is 318 g/mol. The van der Waals surface area contributed by atoms with Crippen molar-refractivity contribution in [3.63, 3.8) is 0 Å². The number of carbonyl (C=O) groups excluding carboxylic acids is 1. The summed E-state index contributed by atoms with van der Waals surface area (Å²) < 4.78 is 10.6. The van der Waals surface area contributed by atoms with Crippen molar-refractivity contribution in [3.8, 4) is 17.2 Å². The first-order valence-corrected chi connectivity index (χ1v) is 7.89. The van der Waals surface area contributed by atoms with E-state index >= 15 is 0 Å². The average Bonchev–Trinajstić information content (AvgIpc) is 2.63. The van der Waals surface area contributed by atoms with Crippen LogP contribution in [0.2, 0.25) is 0 Å². The molecule has 0 amide bonds. The van der Waals surface area contributed by atoms with Gasteiger partial charge in [0, 0.05) is 5.39 Å². The Morgan fingerprint density at radius 1 is 1.12 bits per heavy atom. The highest BCUT2D eigenvalue weighted by Crippen LogP contribution is 2.37. The van der Waals surface area contributed by atoms with Crippen molar-refractivity contribution in [1.82, 2.24) is 0 Å². The minimum Gasteiger partial charge on any atom is -0.504 e. The summed E-state index contributed by atoms with van der Waals surface area (Å²) in [6.45, 7) is 0. The van der Waals surface area contributed by atoms with E-state index in [1.54, 1.807) is 18.2 Å². The van der Waals surface area contributed by atoms with Crippen LogP contribution in [0.1, 0.15) is 5.56 Å². The van der Waals surface area contributed by atoms with Gasteiger partial charge in [-0.15, -0.1) is 0 Å². The predicted molar refractivity (Wildman–Crippen MR) is 95.8 cm³/mol. The van der Waals surface area contributed by atoms with Crippen LogP contribution in [0, 0.1) is 0 Å². The van der Waals surface area contributed by atoms with Crippen molar-refractivity contribution in [2.75, 3.05) is 7.11 Å². The molecule has 0 spiro atoms. The minimum atomic E-state index is -0.730. The summed E-state index contributed by atoms with van der Waals surface area (Å²) in [6.07, 6.45) is 0.339. The molecule has 1 atom stereocenters. The predicted octanol–water partition coefficient (Wildman–Crippen LogP) is 3.38. The Bertz CT molecular complexity index is 907. The molecule has 0 saturated carbocycles. The summed E-state index contributed by atoms with van der Waals surface area (Å²) in [4.78, 5) is 11.5. The van der Waals surface area contributed by atoms with E-state index in [9.17, 15) is 9.90 Å². The van der Waals surface area contributed by atoms with Crippen molar-refractivity contribution in [2.45, 2.75) is 12.5 Å². The number of nitrogens with two attached hydrogens (primary N) is 1. The number of hydrogen-bond acceptors (Lipinski definition) is 5. The molecule has 0 radical (unpaired) electrons. The molecule has 5 nitrogen and oxygen atoms in total. The lowest BCUT2D eigenvalue weighted by Gasteiger charge is -2.13. The van der Waals surface area contributed by atoms with Crippen LogP contribution in [-0.2, 0) is 16.0 Å². The van der Waals surface area contributed by atoms with Crippen LogP contribution in [0.4, 0.5) is 0 Å². The van der Waals surface area contributed by atoms with E-state index in [4.69, 9.17) is 10.5 Å². The number of phenolic OH excluding ortho intramolecular Hbond substituents is 1. The monoisotopic (exact) mass is 337 g/mol. The number of aromatic hydroxyl groups is 1. The second-order valence-corrected chi connectivity index (χ2v) is 5.72. The smallest absolute Gasteiger partial charge is 0.322 e. The highest BCUT2D eigenvalue weighted by Gasteiger charge is 2.15. The third-order valence-electron chi connectivity index (χ3n) is 3.94. The summed E-state index contributed by atoms with van der Waals surface area (Å²) in [5.74, 6) is 0.558. The van der Waals surface area contributed by atoms with Gasteiger partial charge < -0.3 is 20.3 Å². The van der Waals surface area contributed by atoms with Gasteiger partial charge in [0.1, 0.15) is 11.8 Å². The van der Waals surface area contributed by atoms with Gasteiger partial charge in [0.05, 0.1) is 7.11 Å². The molecule has 0 aliphatic carbocycles. The summed E-state index contributed by atoms with van der Waals surface area (Å²) in [6, 6.07) is 17.6. The molecule has 0 fully saturated rings. The molecule has 128 valence electrons. The Morgan fingerprint density at radius 2 is 1.92 bits per heavy atom. The number of methoxy groups -OCH3 is 1. The van der Waals surface area contributed by atoms with E-state index in [1.165, 1.54) is 7.11 Å². The zero-order chi connectivity index (χ0) is 17.8. The molecule has 0 bridgehead atoms. The number of rotatable bonds is 5. The Kier molecular flexibility index (Phi) is 4.86. The molecule has 0 aliphatic rings. The van der Waals surface area contributed by atoms with Crippen molar-refractivity contribution < 1.29 is 19.4 Å². The van der Waals surface area contributed by atoms with Gasteiger partial charge in [0.25, 0.3) is 0 Å². The van der Waals surface area contributed by atoms with Gasteiger partial charge in [0.2, 0.25) is 0 Å². The molecule has 0 saturated heterocycles. The van der Waals surface area contributed by atoms with E-state index in [1.807, 2.05) is 42.5 Å². The first-order valence-electron chi connectivity index (χ1n) is 7.89. The maximum absolute atomic E-state index is 11.5. The van der Waals surface area contributed by atoms with Crippen LogP contribution in [0.15, 0.2) is 60.7 Å². The Morgan fingerprint density at radius 3 is 2.72 bits per heavy atom. The van der Waals surface area contributed by atoms with Gasteiger partial charge >= 0.3 is 5.97 Å². The van der Waals surface area contributed by atoms with E-state index in [-0.39, 0.29) is 5.75 Å². The molecule has 3 aromatic carbocycles. The average molecular weight is 337 g/mol. The molecule has 0 aromatic heterocycles. The molecule has 3 rings (SSSR count). The number of benzene rings is 3. The van der Waals surface area contributed by atoms with Crippen molar-refractivity contribution in [3.05, 3.63) is 66.2 Å². The molecule has 3 N–H and O–H groups in total. The van der Waals surface area contributed by atoms with Crippen LogP contribution in [0.5, 0.6) is 17.2 Å². The second kappa shape index (κ2) is 7.23. The Labute approximate surface area is 145 Å². The van der Waals surface area contributed by atoms with Gasteiger partial charge in [-0.1, -0.05) is 42.5 Å². The summed E-state index contributed by atoms with van der Waals surface area (Å²) >= 11 is 0. The van der Waals surface area contributed by atoms with E-state index in [0.29, 0.717) is 17.9 Å². The molecule has 0 aliphatic heterocycles. The van der Waals surface area contributed by atoms with Crippen LogP contribution in [0.3, 0.4) is 0 Å². The van der Waals surface area contributed by atoms with Crippen LogP contribution in [-0.4, -0.2) is 24.2 Å². The molecule has 0 heterocycles. The van der Waals surface area contributed by atoms with Crippen molar-refractivity contribution in [2.24, 2.45) is 5.73 Å². The maximum atomic E-state index is 11.5. The lowest BCUT2D eigenvalue weighted by atomic mass is 10.1. The zero-order valence-electron chi connectivity index (χ0n) is 13.8. The van der Waals surface area contributed by atoms with Crippen molar-refractivity contribution in [1.29, 1.82) is 0 Å². The summed E-state index contributed by atoms with van der Waals surface area (Å²) in [5, 5.41) is 12.0. The Balaban J connectivity index is 1.88. The number of phenols is 1. The van der Waals surface area contributed by atoms with Gasteiger partial charge in [-0.3, -0.25) is 4.79 Å². The maximum Gasteiger partial charge on any atom is 0.322 e. The summed E-state index contributed by atoms with van der Waals surface area (Å²) in [7, 11) is 1.31. The van der Waals surface area contributed by atoms with Crippen LogP contribution >= 0.6 is 0 Å². The number of fused-ring (bicyclic) bond motifs is 1. The molecule has 1 unspecified atom stereocenters. The second-order valence-electron chi connectivity index (χ2n) is 5.72. The quantitative estimate of drug-likeness (QED) is 0.698. The Hall–Kier alpha value is -3.05. The largest absolute Gasteiger partial charge is 0.504 e. The normalized spacial score (nSPS) is 11.9. The summed E-state index contributed by atoms with van der Waals surface area (Å²) in [5.41, 5.74) is 6.65. The van der Waals surface area contributed by atoms with Crippen LogP contribution in [0.25, 0.3) is 10.8 Å². The highest BCUT2D eigenvalue weighted by molar-refractivity contribution is 5.90. The van der Waals surface area contributed by atoms with E-state index in [0.717, 1.165) is 16.3 Å². The van der Waals surface area contributed by atoms with Gasteiger partial charge in [-0.25, -0.2) is 0 Å². The highest BCUT2D eigenvalue weighted by atomic mass is 16.5. The standard InChI is InChI=1S/C20H19NO4/c1-24-20(23)17(21)12-13-5-4-7-15(11-13)25-19-16-8-3-2-6-14(16)9-10-18(19)22/h2-11,17,22H,12,21H2,1H3. The zero-order valence-corrected chi connectivity index (χ0v) is 13.8. The lowest BCUT2D eigenvalue weighted by Crippen LogP contribution is -2.33. The number of hydrogen-bond donors (Lipinski definition) is 2. The molecular formula is C20H19NO4. The SMILES string of the molecule is COC(=O)C(N)Cc1cccc(Oc2c(O)ccc3ccccc23)c1. The number of ether oxygens (including phenoxy) is 2. The lowest BCUT2D eigenvalue weighted by molar-refractivity contribution is -0.142. The first-order chi connectivity index (χ1) is 12.1. The van der Waals surface area contributed by atoms with Crippen molar-refractivity contribution >= 4 is 16.7 Å². The number of esters is 1. The molecule has 25 heavy (non-hydrogen) atoms. The molecule has 5 heteroatoms. The third-order valence-corrected chi connectivity index (χ3v) is 3.94.